The Hall–Kier alpha value is -2.41. The number of nitrogens with zero attached hydrogens (tertiary/aromatic N) is 3. The molecule has 3 atom stereocenters. The Kier molecular flexibility index (Phi) is 5.33. The largest absolute Gasteiger partial charge is 0.393 e. The van der Waals surface area contributed by atoms with Gasteiger partial charge in [0.25, 0.3) is 0 Å². The number of aliphatic hydroxyl groups is 1. The van der Waals surface area contributed by atoms with Gasteiger partial charge in [-0.05, 0) is 20.3 Å². The Bertz CT molecular complexity index is 701. The number of aromatic nitrogens is 2. The number of likely N-dealkylation sites (tertiary alicyclic amines) is 1. The number of nitrogens with one attached hydrogen (secondary N) is 1. The summed E-state index contributed by atoms with van der Waals surface area (Å²) in [7, 11) is 0. The summed E-state index contributed by atoms with van der Waals surface area (Å²) in [6.07, 6.45) is 0.924. The minimum absolute atomic E-state index is 0.113. The molecule has 1 aliphatic rings. The van der Waals surface area contributed by atoms with Gasteiger partial charge >= 0.3 is 6.03 Å². The summed E-state index contributed by atoms with van der Waals surface area (Å²) in [5, 5.41) is 16.6. The number of amides is 2. The normalized spacial score (nSPS) is 19.6. The summed E-state index contributed by atoms with van der Waals surface area (Å²) in [5.41, 5.74) is 0.899. The van der Waals surface area contributed by atoms with Crippen LogP contribution < -0.4 is 5.32 Å². The van der Waals surface area contributed by atoms with E-state index in [4.69, 9.17) is 4.52 Å². The van der Waals surface area contributed by atoms with Gasteiger partial charge in [-0.25, -0.2) is 4.79 Å². The maximum Gasteiger partial charge on any atom is 0.317 e. The number of carbonyl (C=O) groups is 1. The second kappa shape index (κ2) is 7.65. The molecule has 2 heterocycles. The Balaban J connectivity index is 1.52. The fraction of sp³-hybridized carbons (Fsp3) is 0.500. The smallest absolute Gasteiger partial charge is 0.317 e. The number of carbonyl (C=O) groups excluding carboxylic acids is 1. The van der Waals surface area contributed by atoms with Crippen molar-refractivity contribution in [2.45, 2.75) is 38.8 Å². The molecule has 0 aliphatic carbocycles. The highest BCUT2D eigenvalue weighted by Gasteiger charge is 2.29. The lowest BCUT2D eigenvalue weighted by molar-refractivity contribution is 0.129. The van der Waals surface area contributed by atoms with Gasteiger partial charge in [0.15, 0.2) is 0 Å². The van der Waals surface area contributed by atoms with Crippen LogP contribution in [0.5, 0.6) is 0 Å². The maximum atomic E-state index is 12.3. The predicted octanol–water partition coefficient (Wildman–Crippen LogP) is 2.08. The second-order valence-corrected chi connectivity index (χ2v) is 6.67. The third-order valence-corrected chi connectivity index (χ3v) is 4.54. The van der Waals surface area contributed by atoms with Gasteiger partial charge in [-0.3, -0.25) is 0 Å². The fourth-order valence-electron chi connectivity index (χ4n) is 3.02. The Morgan fingerprint density at radius 2 is 2.16 bits per heavy atom. The lowest BCUT2D eigenvalue weighted by Gasteiger charge is -2.21. The van der Waals surface area contributed by atoms with Gasteiger partial charge in [-0.15, -0.1) is 0 Å². The quantitative estimate of drug-likeness (QED) is 0.866. The molecule has 2 amide bonds. The van der Waals surface area contributed by atoms with Crippen LogP contribution in [0, 0.1) is 5.92 Å². The van der Waals surface area contributed by atoms with E-state index in [0.29, 0.717) is 31.2 Å². The molecular weight excluding hydrogens is 320 g/mol. The molecule has 0 bridgehead atoms. The molecule has 0 saturated carbocycles. The van der Waals surface area contributed by atoms with Gasteiger partial charge in [0.1, 0.15) is 0 Å². The second-order valence-electron chi connectivity index (χ2n) is 6.67. The summed E-state index contributed by atoms with van der Waals surface area (Å²) in [6.45, 7) is 4.95. The lowest BCUT2D eigenvalue weighted by atomic mass is 10.0. The summed E-state index contributed by atoms with van der Waals surface area (Å²) >= 11 is 0. The number of urea groups is 1. The van der Waals surface area contributed by atoms with Crippen LogP contribution in [0.4, 0.5) is 4.79 Å². The van der Waals surface area contributed by atoms with Crippen LogP contribution in [0.15, 0.2) is 34.9 Å². The molecule has 7 nitrogen and oxygen atoms in total. The molecule has 1 saturated heterocycles. The first-order valence-electron chi connectivity index (χ1n) is 8.64. The number of hydrogen-bond acceptors (Lipinski definition) is 5. The van der Waals surface area contributed by atoms with Gasteiger partial charge in [-0.2, -0.15) is 4.98 Å². The zero-order valence-electron chi connectivity index (χ0n) is 14.6. The molecule has 0 spiro atoms. The molecule has 2 aromatic rings. The van der Waals surface area contributed by atoms with Crippen LogP contribution in [-0.2, 0) is 6.42 Å². The standard InChI is InChI=1S/C18H24N4O3/c1-12(19-18(24)22-9-8-15(11-22)13(2)23)10-16-20-17(21-25-16)14-6-4-3-5-7-14/h3-7,12-13,15,23H,8-11H2,1-2H3,(H,19,24)/t12-,13-,15-/m1/s1. The average molecular weight is 344 g/mol. The number of hydrogen-bond donors (Lipinski definition) is 2. The summed E-state index contributed by atoms with van der Waals surface area (Å²) < 4.78 is 5.29. The molecule has 2 N–H and O–H groups in total. The van der Waals surface area contributed by atoms with Crippen LogP contribution in [-0.4, -0.2) is 51.4 Å². The van der Waals surface area contributed by atoms with E-state index in [9.17, 15) is 9.90 Å². The molecular formula is C18H24N4O3. The van der Waals surface area contributed by atoms with E-state index >= 15 is 0 Å². The Morgan fingerprint density at radius 1 is 1.40 bits per heavy atom. The zero-order valence-corrected chi connectivity index (χ0v) is 14.6. The minimum Gasteiger partial charge on any atom is -0.393 e. The van der Waals surface area contributed by atoms with E-state index < -0.39 is 0 Å². The molecule has 25 heavy (non-hydrogen) atoms. The van der Waals surface area contributed by atoms with Gasteiger partial charge in [0, 0.05) is 37.0 Å². The first-order valence-corrected chi connectivity index (χ1v) is 8.64. The highest BCUT2D eigenvalue weighted by Crippen LogP contribution is 2.20. The molecule has 7 heteroatoms. The van der Waals surface area contributed by atoms with Crippen molar-refractivity contribution in [3.8, 4) is 11.4 Å². The third kappa shape index (κ3) is 4.36. The lowest BCUT2D eigenvalue weighted by Crippen LogP contribution is -2.43. The fourth-order valence-corrected chi connectivity index (χ4v) is 3.02. The van der Waals surface area contributed by atoms with Gasteiger partial charge in [0.2, 0.25) is 11.7 Å². The SMILES string of the molecule is C[C@H](Cc1nc(-c2ccccc2)no1)NC(=O)N1CC[C@@H]([C@@H](C)O)C1. The van der Waals surface area contributed by atoms with E-state index in [0.717, 1.165) is 12.0 Å². The van der Waals surface area contributed by atoms with Crippen molar-refractivity contribution >= 4 is 6.03 Å². The third-order valence-electron chi connectivity index (χ3n) is 4.54. The Morgan fingerprint density at radius 3 is 2.84 bits per heavy atom. The molecule has 0 unspecified atom stereocenters. The van der Waals surface area contributed by atoms with E-state index in [2.05, 4.69) is 15.5 Å². The van der Waals surface area contributed by atoms with E-state index in [1.54, 1.807) is 11.8 Å². The van der Waals surface area contributed by atoms with Gasteiger partial charge < -0.3 is 19.8 Å². The first kappa shape index (κ1) is 17.4. The van der Waals surface area contributed by atoms with E-state index in [1.807, 2.05) is 37.3 Å². The van der Waals surface area contributed by atoms with Crippen molar-refractivity contribution in [2.24, 2.45) is 5.92 Å². The molecule has 1 aliphatic heterocycles. The molecule has 0 radical (unpaired) electrons. The monoisotopic (exact) mass is 344 g/mol. The van der Waals surface area contributed by atoms with E-state index in [1.165, 1.54) is 0 Å². The van der Waals surface area contributed by atoms with Crippen molar-refractivity contribution in [3.63, 3.8) is 0 Å². The zero-order chi connectivity index (χ0) is 17.8. The van der Waals surface area contributed by atoms with Crippen LogP contribution in [0.2, 0.25) is 0 Å². The molecule has 1 fully saturated rings. The summed E-state index contributed by atoms with van der Waals surface area (Å²) in [5.74, 6) is 1.20. The molecule has 1 aromatic heterocycles. The highest BCUT2D eigenvalue weighted by molar-refractivity contribution is 5.74. The molecule has 3 rings (SSSR count). The summed E-state index contributed by atoms with van der Waals surface area (Å²) in [4.78, 5) is 18.4. The van der Waals surface area contributed by atoms with E-state index in [-0.39, 0.29) is 24.1 Å². The van der Waals surface area contributed by atoms with Crippen molar-refractivity contribution in [1.82, 2.24) is 20.4 Å². The topological polar surface area (TPSA) is 91.5 Å². The summed E-state index contributed by atoms with van der Waals surface area (Å²) in [6, 6.07) is 9.39. The minimum atomic E-state index is -0.384. The maximum absolute atomic E-state index is 12.3. The Labute approximate surface area is 147 Å². The number of benzene rings is 1. The van der Waals surface area contributed by atoms with Crippen molar-refractivity contribution in [2.75, 3.05) is 13.1 Å². The first-order chi connectivity index (χ1) is 12.0. The van der Waals surface area contributed by atoms with Crippen LogP contribution in [0.1, 0.15) is 26.2 Å². The van der Waals surface area contributed by atoms with Gasteiger partial charge in [-0.1, -0.05) is 35.5 Å². The molecule has 134 valence electrons. The molecule has 1 aromatic carbocycles. The van der Waals surface area contributed by atoms with Crippen LogP contribution >= 0.6 is 0 Å². The van der Waals surface area contributed by atoms with Crippen molar-refractivity contribution in [3.05, 3.63) is 36.2 Å². The number of aliphatic hydroxyl groups excluding tert-OH is 1. The van der Waals surface area contributed by atoms with Crippen LogP contribution in [0.3, 0.4) is 0 Å². The number of rotatable bonds is 5. The van der Waals surface area contributed by atoms with Crippen LogP contribution in [0.25, 0.3) is 11.4 Å². The average Bonchev–Trinajstić information content (AvgIpc) is 3.25. The highest BCUT2D eigenvalue weighted by atomic mass is 16.5. The van der Waals surface area contributed by atoms with Gasteiger partial charge in [0.05, 0.1) is 6.10 Å². The van der Waals surface area contributed by atoms with Crippen molar-refractivity contribution < 1.29 is 14.4 Å². The predicted molar refractivity (Wildman–Crippen MR) is 92.8 cm³/mol. The van der Waals surface area contributed by atoms with Crippen molar-refractivity contribution in [1.29, 1.82) is 0 Å².